The third-order valence-electron chi connectivity index (χ3n) is 4.83. The third kappa shape index (κ3) is 6.35. The van der Waals surface area contributed by atoms with E-state index in [1.165, 1.54) is 6.07 Å². The number of pyridine rings is 1. The largest absolute Gasteiger partial charge is 0.388 e. The number of hydrogen-bond acceptors (Lipinski definition) is 7. The maximum atomic E-state index is 14.8. The van der Waals surface area contributed by atoms with Crippen molar-refractivity contribution in [1.82, 2.24) is 4.98 Å². The number of carbonyl (C=O) groups excluding carboxylic acids is 1. The Hall–Kier alpha value is -2.92. The average Bonchev–Trinajstić information content (AvgIpc) is 3.15. The van der Waals surface area contributed by atoms with E-state index in [2.05, 4.69) is 10.3 Å². The van der Waals surface area contributed by atoms with E-state index in [0.717, 1.165) is 23.5 Å². The fourth-order valence-electron chi connectivity index (χ4n) is 3.20. The van der Waals surface area contributed by atoms with E-state index in [1.54, 1.807) is 39.0 Å². The van der Waals surface area contributed by atoms with Crippen molar-refractivity contribution in [2.75, 3.05) is 11.9 Å². The maximum absolute atomic E-state index is 14.8. The highest BCUT2D eigenvalue weighted by atomic mass is 32.1. The number of aromatic nitrogens is 1. The molecule has 34 heavy (non-hydrogen) atoms. The SMILES string of the molecule is CCC(O)c1cc(F)c(-c2cc(C(N)=O)c(Nc3cccc(COCC(C)(C)O)n3)s2)c(F)c1. The number of carbonyl (C=O) groups is 1. The number of thiophene rings is 1. The van der Waals surface area contributed by atoms with Crippen LogP contribution in [-0.4, -0.2) is 33.3 Å². The number of hydrogen-bond donors (Lipinski definition) is 4. The summed E-state index contributed by atoms with van der Waals surface area (Å²) in [5.74, 6) is -2.10. The van der Waals surface area contributed by atoms with Gasteiger partial charge in [0.15, 0.2) is 0 Å². The summed E-state index contributed by atoms with van der Waals surface area (Å²) in [6, 6.07) is 8.62. The molecule has 1 unspecified atom stereocenters. The maximum Gasteiger partial charge on any atom is 0.251 e. The molecule has 0 aliphatic carbocycles. The number of ether oxygens (including phenoxy) is 1. The van der Waals surface area contributed by atoms with Gasteiger partial charge in [-0.2, -0.15) is 0 Å². The Morgan fingerprint density at radius 2 is 1.94 bits per heavy atom. The minimum absolute atomic E-state index is 0.0574. The topological polar surface area (TPSA) is 118 Å². The van der Waals surface area contributed by atoms with Gasteiger partial charge in [0.25, 0.3) is 5.91 Å². The highest BCUT2D eigenvalue weighted by Crippen LogP contribution is 2.40. The molecule has 3 aromatic rings. The molecular weight excluding hydrogens is 464 g/mol. The second-order valence-electron chi connectivity index (χ2n) is 8.45. The van der Waals surface area contributed by atoms with Gasteiger partial charge in [0, 0.05) is 4.88 Å². The Morgan fingerprint density at radius 1 is 1.26 bits per heavy atom. The molecule has 0 saturated carbocycles. The van der Waals surface area contributed by atoms with E-state index in [1.807, 2.05) is 0 Å². The molecular formula is C24H27F2N3O4S. The van der Waals surface area contributed by atoms with Crippen LogP contribution < -0.4 is 11.1 Å². The van der Waals surface area contributed by atoms with E-state index >= 15 is 0 Å². The van der Waals surface area contributed by atoms with E-state index < -0.39 is 29.2 Å². The Labute approximate surface area is 200 Å². The number of primary amides is 1. The van der Waals surface area contributed by atoms with Crippen LogP contribution in [-0.2, 0) is 11.3 Å². The second-order valence-corrected chi connectivity index (χ2v) is 9.50. The van der Waals surface area contributed by atoms with Crippen molar-refractivity contribution in [2.45, 2.75) is 45.5 Å². The smallest absolute Gasteiger partial charge is 0.251 e. The van der Waals surface area contributed by atoms with Gasteiger partial charge in [0.2, 0.25) is 0 Å². The Bertz CT molecular complexity index is 1150. The third-order valence-corrected chi connectivity index (χ3v) is 5.90. The molecule has 0 aliphatic heterocycles. The lowest BCUT2D eigenvalue weighted by Gasteiger charge is -2.16. The highest BCUT2D eigenvalue weighted by molar-refractivity contribution is 7.20. The minimum Gasteiger partial charge on any atom is -0.388 e. The molecule has 0 saturated heterocycles. The van der Waals surface area contributed by atoms with Crippen molar-refractivity contribution in [3.05, 3.63) is 64.9 Å². The van der Waals surface area contributed by atoms with Crippen molar-refractivity contribution < 1.29 is 28.5 Å². The molecule has 0 radical (unpaired) electrons. The molecule has 2 heterocycles. The predicted molar refractivity (Wildman–Crippen MR) is 127 cm³/mol. The molecule has 1 atom stereocenters. The van der Waals surface area contributed by atoms with Gasteiger partial charge in [0.05, 0.1) is 41.7 Å². The van der Waals surface area contributed by atoms with Gasteiger partial charge in [-0.25, -0.2) is 13.8 Å². The summed E-state index contributed by atoms with van der Waals surface area (Å²) in [6.45, 7) is 5.24. The molecule has 0 fully saturated rings. The quantitative estimate of drug-likeness (QED) is 0.328. The normalized spacial score (nSPS) is 12.6. The number of aliphatic hydroxyl groups excluding tert-OH is 1. The predicted octanol–water partition coefficient (Wildman–Crippen LogP) is 4.66. The van der Waals surface area contributed by atoms with Crippen LogP contribution in [0.5, 0.6) is 0 Å². The number of nitrogens with zero attached hydrogens (tertiary/aromatic N) is 1. The molecule has 5 N–H and O–H groups in total. The van der Waals surface area contributed by atoms with Crippen molar-refractivity contribution >= 4 is 28.1 Å². The van der Waals surface area contributed by atoms with Crippen LogP contribution in [0.4, 0.5) is 19.6 Å². The first-order valence-corrected chi connectivity index (χ1v) is 11.4. The van der Waals surface area contributed by atoms with Gasteiger partial charge in [-0.1, -0.05) is 13.0 Å². The minimum atomic E-state index is -0.981. The van der Waals surface area contributed by atoms with Crippen LogP contribution in [0.1, 0.15) is 54.9 Å². The number of rotatable bonds is 10. The molecule has 0 spiro atoms. The van der Waals surface area contributed by atoms with Crippen LogP contribution in [0.3, 0.4) is 0 Å². The summed E-state index contributed by atoms with van der Waals surface area (Å²) in [6.07, 6.45) is -0.669. The standard InChI is InChI=1S/C24H27F2N3O4S/c1-4-18(30)13-8-16(25)21(17(26)9-13)19-10-15(22(27)31)23(34-19)29-20-7-5-6-14(28-20)11-33-12-24(2,3)32/h5-10,18,30,32H,4,11-12H2,1-3H3,(H2,27,31)(H,28,29). The second kappa shape index (κ2) is 10.6. The first-order valence-electron chi connectivity index (χ1n) is 10.6. The highest BCUT2D eigenvalue weighted by Gasteiger charge is 2.22. The van der Waals surface area contributed by atoms with Crippen molar-refractivity contribution in [1.29, 1.82) is 0 Å². The lowest BCUT2D eigenvalue weighted by molar-refractivity contribution is -0.0276. The van der Waals surface area contributed by atoms with E-state index in [4.69, 9.17) is 10.5 Å². The van der Waals surface area contributed by atoms with Gasteiger partial charge in [-0.3, -0.25) is 4.79 Å². The first kappa shape index (κ1) is 25.7. The fraction of sp³-hybridized carbons (Fsp3) is 0.333. The first-order chi connectivity index (χ1) is 16.0. The molecule has 0 bridgehead atoms. The summed E-state index contributed by atoms with van der Waals surface area (Å²) in [4.78, 5) is 16.6. The molecule has 182 valence electrons. The van der Waals surface area contributed by atoms with Crippen LogP contribution in [0.15, 0.2) is 36.4 Å². The van der Waals surface area contributed by atoms with Gasteiger partial charge < -0.3 is 26.0 Å². The summed E-state index contributed by atoms with van der Waals surface area (Å²) >= 11 is 0.952. The van der Waals surface area contributed by atoms with Crippen LogP contribution in [0, 0.1) is 11.6 Å². The molecule has 0 aliphatic rings. The Kier molecular flexibility index (Phi) is 7.98. The lowest BCUT2D eigenvalue weighted by Crippen LogP contribution is -2.25. The number of amides is 1. The molecule has 1 aromatic carbocycles. The Balaban J connectivity index is 1.89. The van der Waals surface area contributed by atoms with Crippen LogP contribution in [0.2, 0.25) is 0 Å². The monoisotopic (exact) mass is 491 g/mol. The van der Waals surface area contributed by atoms with E-state index in [9.17, 15) is 23.8 Å². The van der Waals surface area contributed by atoms with E-state index in [-0.39, 0.29) is 39.8 Å². The molecule has 2 aromatic heterocycles. The zero-order valence-corrected chi connectivity index (χ0v) is 19.9. The number of nitrogens with two attached hydrogens (primary N) is 1. The zero-order chi connectivity index (χ0) is 25.0. The van der Waals surface area contributed by atoms with Gasteiger partial charge in [-0.15, -0.1) is 11.3 Å². The Morgan fingerprint density at radius 3 is 2.53 bits per heavy atom. The zero-order valence-electron chi connectivity index (χ0n) is 19.1. The van der Waals surface area contributed by atoms with Crippen LogP contribution >= 0.6 is 11.3 Å². The summed E-state index contributed by atoms with van der Waals surface area (Å²) in [5.41, 5.74) is 4.98. The van der Waals surface area contributed by atoms with Crippen molar-refractivity contribution in [3.8, 4) is 10.4 Å². The fourth-order valence-corrected chi connectivity index (χ4v) is 4.32. The molecule has 1 amide bonds. The summed E-state index contributed by atoms with van der Waals surface area (Å²) < 4.78 is 35.0. The van der Waals surface area contributed by atoms with Gasteiger partial charge in [-0.05, 0) is 56.2 Å². The van der Waals surface area contributed by atoms with Gasteiger partial charge in [0.1, 0.15) is 22.5 Å². The summed E-state index contributed by atoms with van der Waals surface area (Å²) in [7, 11) is 0. The average molecular weight is 492 g/mol. The molecule has 10 heteroatoms. The number of aliphatic hydroxyl groups is 2. The van der Waals surface area contributed by atoms with Crippen molar-refractivity contribution in [3.63, 3.8) is 0 Å². The van der Waals surface area contributed by atoms with Crippen LogP contribution in [0.25, 0.3) is 10.4 Å². The number of benzene rings is 1. The number of nitrogens with one attached hydrogen (secondary N) is 1. The number of halogens is 2. The van der Waals surface area contributed by atoms with Crippen molar-refractivity contribution in [2.24, 2.45) is 5.73 Å². The molecule has 3 rings (SSSR count). The summed E-state index contributed by atoms with van der Waals surface area (Å²) in [5, 5.41) is 22.9. The lowest BCUT2D eigenvalue weighted by atomic mass is 10.0. The van der Waals surface area contributed by atoms with E-state index in [0.29, 0.717) is 17.9 Å². The van der Waals surface area contributed by atoms with Gasteiger partial charge >= 0.3 is 0 Å². The molecule has 7 nitrogen and oxygen atoms in total. The number of anilines is 2.